The summed E-state index contributed by atoms with van der Waals surface area (Å²) in [5, 5.41) is 3.22. The van der Waals surface area contributed by atoms with Gasteiger partial charge in [0.25, 0.3) is 5.91 Å². The van der Waals surface area contributed by atoms with E-state index in [2.05, 4.69) is 27.4 Å². The van der Waals surface area contributed by atoms with Gasteiger partial charge in [0.05, 0.1) is 5.69 Å². The number of benzene rings is 1. The van der Waals surface area contributed by atoms with Crippen LogP contribution in [0.4, 0.5) is 5.95 Å². The minimum Gasteiger partial charge on any atom is -0.352 e. The SMILES string of the molecule is CC(C)Nc1nccc(-c2cc3n(c2)CCN(Cc2ccccc2)C3=O)n1. The molecule has 1 amide bonds. The number of aromatic nitrogens is 3. The molecule has 0 atom stereocenters. The van der Waals surface area contributed by atoms with Gasteiger partial charge >= 0.3 is 0 Å². The van der Waals surface area contributed by atoms with Gasteiger partial charge in [0, 0.05) is 43.6 Å². The summed E-state index contributed by atoms with van der Waals surface area (Å²) in [6.45, 7) is 6.23. The second kappa shape index (κ2) is 7.23. The molecule has 0 saturated heterocycles. The molecule has 1 aliphatic heterocycles. The van der Waals surface area contributed by atoms with Crippen molar-refractivity contribution in [1.29, 1.82) is 0 Å². The van der Waals surface area contributed by atoms with Crippen LogP contribution < -0.4 is 5.32 Å². The topological polar surface area (TPSA) is 63.1 Å². The Morgan fingerprint density at radius 2 is 1.96 bits per heavy atom. The molecular weight excluding hydrogens is 338 g/mol. The highest BCUT2D eigenvalue weighted by molar-refractivity contribution is 5.95. The first kappa shape index (κ1) is 17.3. The van der Waals surface area contributed by atoms with Gasteiger partial charge in [-0.05, 0) is 31.5 Å². The van der Waals surface area contributed by atoms with Crippen LogP contribution in [0.25, 0.3) is 11.3 Å². The van der Waals surface area contributed by atoms with Gasteiger partial charge in [0.1, 0.15) is 5.69 Å². The predicted octanol–water partition coefficient (Wildman–Crippen LogP) is 3.42. The van der Waals surface area contributed by atoms with E-state index < -0.39 is 0 Å². The van der Waals surface area contributed by atoms with Crippen LogP contribution in [0.5, 0.6) is 0 Å². The Bertz CT molecular complexity index is 948. The standard InChI is InChI=1S/C21H23N5O/c1-15(2)23-21-22-9-8-18(24-21)17-12-19-20(27)26(11-10-25(19)14-17)13-16-6-4-3-5-7-16/h3-9,12,14-15H,10-11,13H2,1-2H3,(H,22,23,24). The molecule has 3 aromatic rings. The maximum atomic E-state index is 12.9. The average molecular weight is 361 g/mol. The number of carbonyl (C=O) groups excluding carboxylic acids is 1. The zero-order valence-corrected chi connectivity index (χ0v) is 15.6. The zero-order valence-electron chi connectivity index (χ0n) is 15.6. The van der Waals surface area contributed by atoms with E-state index in [-0.39, 0.29) is 11.9 Å². The van der Waals surface area contributed by atoms with E-state index in [1.807, 2.05) is 59.8 Å². The molecule has 0 fully saturated rings. The lowest BCUT2D eigenvalue weighted by Gasteiger charge is -2.28. The Morgan fingerprint density at radius 1 is 1.15 bits per heavy atom. The van der Waals surface area contributed by atoms with E-state index in [0.717, 1.165) is 23.4 Å². The summed E-state index contributed by atoms with van der Waals surface area (Å²) in [6.07, 6.45) is 3.75. The Balaban J connectivity index is 1.57. The Hall–Kier alpha value is -3.15. The number of hydrogen-bond acceptors (Lipinski definition) is 4. The van der Waals surface area contributed by atoms with Crippen LogP contribution in [0.15, 0.2) is 54.9 Å². The van der Waals surface area contributed by atoms with Gasteiger partial charge in [0.2, 0.25) is 5.95 Å². The average Bonchev–Trinajstić information content (AvgIpc) is 3.10. The summed E-state index contributed by atoms with van der Waals surface area (Å²) in [6, 6.07) is 14.2. The largest absolute Gasteiger partial charge is 0.352 e. The third kappa shape index (κ3) is 3.69. The summed E-state index contributed by atoms with van der Waals surface area (Å²) in [5.74, 6) is 0.662. The Kier molecular flexibility index (Phi) is 4.62. The maximum Gasteiger partial charge on any atom is 0.270 e. The quantitative estimate of drug-likeness (QED) is 0.756. The van der Waals surface area contributed by atoms with Crippen LogP contribution in [0.3, 0.4) is 0 Å². The molecule has 27 heavy (non-hydrogen) atoms. The molecule has 0 aliphatic carbocycles. The van der Waals surface area contributed by atoms with E-state index in [9.17, 15) is 4.79 Å². The van der Waals surface area contributed by atoms with Crippen molar-refractivity contribution >= 4 is 11.9 Å². The van der Waals surface area contributed by atoms with E-state index in [1.165, 1.54) is 0 Å². The normalized spacial score (nSPS) is 13.7. The summed E-state index contributed by atoms with van der Waals surface area (Å²) >= 11 is 0. The third-order valence-electron chi connectivity index (χ3n) is 4.60. The van der Waals surface area contributed by atoms with Gasteiger partial charge in [0.15, 0.2) is 0 Å². The molecule has 0 bridgehead atoms. The molecule has 4 rings (SSSR count). The molecule has 2 aromatic heterocycles. The van der Waals surface area contributed by atoms with Crippen molar-refractivity contribution in [3.63, 3.8) is 0 Å². The number of fused-ring (bicyclic) bond motifs is 1. The molecule has 6 nitrogen and oxygen atoms in total. The summed E-state index contributed by atoms with van der Waals surface area (Å²) in [7, 11) is 0. The van der Waals surface area contributed by atoms with Gasteiger partial charge in [-0.3, -0.25) is 4.79 Å². The number of anilines is 1. The lowest BCUT2D eigenvalue weighted by atomic mass is 10.2. The van der Waals surface area contributed by atoms with Crippen LogP contribution in [0, 0.1) is 0 Å². The molecule has 1 aliphatic rings. The Morgan fingerprint density at radius 3 is 2.74 bits per heavy atom. The summed E-state index contributed by atoms with van der Waals surface area (Å²) in [5.41, 5.74) is 3.61. The van der Waals surface area contributed by atoms with Gasteiger partial charge in [-0.2, -0.15) is 0 Å². The van der Waals surface area contributed by atoms with Crippen molar-refractivity contribution in [2.45, 2.75) is 33.0 Å². The van der Waals surface area contributed by atoms with Crippen LogP contribution in [-0.4, -0.2) is 37.9 Å². The van der Waals surface area contributed by atoms with E-state index in [0.29, 0.717) is 24.7 Å². The monoisotopic (exact) mass is 361 g/mol. The number of nitrogens with zero attached hydrogens (tertiary/aromatic N) is 4. The fraction of sp³-hybridized carbons (Fsp3) is 0.286. The van der Waals surface area contributed by atoms with Crippen LogP contribution in [0.2, 0.25) is 0 Å². The van der Waals surface area contributed by atoms with E-state index in [4.69, 9.17) is 0 Å². The van der Waals surface area contributed by atoms with Gasteiger partial charge in [-0.25, -0.2) is 9.97 Å². The smallest absolute Gasteiger partial charge is 0.270 e. The number of carbonyl (C=O) groups is 1. The minimum atomic E-state index is 0.0611. The van der Waals surface area contributed by atoms with Crippen molar-refractivity contribution in [3.05, 3.63) is 66.1 Å². The van der Waals surface area contributed by atoms with Crippen molar-refractivity contribution in [2.24, 2.45) is 0 Å². The number of amides is 1. The molecule has 138 valence electrons. The number of nitrogens with one attached hydrogen (secondary N) is 1. The Labute approximate surface area is 158 Å². The first-order valence-corrected chi connectivity index (χ1v) is 9.23. The zero-order chi connectivity index (χ0) is 18.8. The van der Waals surface area contributed by atoms with Crippen LogP contribution in [-0.2, 0) is 13.1 Å². The van der Waals surface area contributed by atoms with Crippen LogP contribution >= 0.6 is 0 Å². The van der Waals surface area contributed by atoms with Crippen molar-refractivity contribution in [3.8, 4) is 11.3 Å². The first-order valence-electron chi connectivity index (χ1n) is 9.23. The minimum absolute atomic E-state index is 0.0611. The molecule has 0 spiro atoms. The van der Waals surface area contributed by atoms with Crippen LogP contribution in [0.1, 0.15) is 29.9 Å². The third-order valence-corrected chi connectivity index (χ3v) is 4.60. The molecule has 1 N–H and O–H groups in total. The van der Waals surface area contributed by atoms with Crippen molar-refractivity contribution in [1.82, 2.24) is 19.4 Å². The molecule has 0 radical (unpaired) electrons. The lowest BCUT2D eigenvalue weighted by Crippen LogP contribution is -2.39. The second-order valence-electron chi connectivity index (χ2n) is 7.08. The highest BCUT2D eigenvalue weighted by Gasteiger charge is 2.25. The second-order valence-corrected chi connectivity index (χ2v) is 7.08. The van der Waals surface area contributed by atoms with Gasteiger partial charge < -0.3 is 14.8 Å². The highest BCUT2D eigenvalue weighted by atomic mass is 16.2. The first-order chi connectivity index (χ1) is 13.1. The van der Waals surface area contributed by atoms with Crippen molar-refractivity contribution in [2.75, 3.05) is 11.9 Å². The molecule has 3 heterocycles. The van der Waals surface area contributed by atoms with E-state index >= 15 is 0 Å². The van der Waals surface area contributed by atoms with Gasteiger partial charge in [-0.15, -0.1) is 0 Å². The highest BCUT2D eigenvalue weighted by Crippen LogP contribution is 2.25. The molecule has 0 unspecified atom stereocenters. The molecule has 1 aromatic carbocycles. The fourth-order valence-electron chi connectivity index (χ4n) is 3.31. The van der Waals surface area contributed by atoms with E-state index in [1.54, 1.807) is 6.20 Å². The predicted molar refractivity (Wildman–Crippen MR) is 105 cm³/mol. The molecule has 0 saturated carbocycles. The molecule has 6 heteroatoms. The number of rotatable bonds is 5. The lowest BCUT2D eigenvalue weighted by molar-refractivity contribution is 0.0691. The fourth-order valence-corrected chi connectivity index (χ4v) is 3.31. The van der Waals surface area contributed by atoms with Crippen molar-refractivity contribution < 1.29 is 4.79 Å². The maximum absolute atomic E-state index is 12.9. The molecular formula is C21H23N5O. The number of hydrogen-bond donors (Lipinski definition) is 1. The summed E-state index contributed by atoms with van der Waals surface area (Å²) in [4.78, 5) is 23.7. The summed E-state index contributed by atoms with van der Waals surface area (Å²) < 4.78 is 2.02. The van der Waals surface area contributed by atoms with Gasteiger partial charge in [-0.1, -0.05) is 30.3 Å².